The smallest absolute Gasteiger partial charge is 0.0291 e. The highest BCUT2D eigenvalue weighted by Crippen LogP contribution is 2.62. The first-order valence-electron chi connectivity index (χ1n) is 5.43. The van der Waals surface area contributed by atoms with Gasteiger partial charge < -0.3 is 0 Å². The first-order chi connectivity index (χ1) is 6.23. The number of halogens is 2. The van der Waals surface area contributed by atoms with E-state index in [1.54, 1.807) is 0 Å². The minimum atomic E-state index is 0.482. The highest BCUT2D eigenvalue weighted by Gasteiger charge is 2.55. The molecule has 0 aromatic carbocycles. The van der Waals surface area contributed by atoms with E-state index in [4.69, 9.17) is 11.6 Å². The highest BCUT2D eigenvalue weighted by atomic mass is 79.9. The van der Waals surface area contributed by atoms with E-state index >= 15 is 0 Å². The highest BCUT2D eigenvalue weighted by molar-refractivity contribution is 9.09. The van der Waals surface area contributed by atoms with Crippen molar-refractivity contribution in [2.75, 3.05) is 5.88 Å². The standard InChI is InChI=1S/C11H16BrCl/c12-10-9-2-7-1-8(3-9)5-11(10,4-7)6-13/h7-10H,1-6H2. The Kier molecular flexibility index (Phi) is 2.00. The Morgan fingerprint density at radius 3 is 2.31 bits per heavy atom. The summed E-state index contributed by atoms with van der Waals surface area (Å²) in [6.45, 7) is 0. The Bertz CT molecular complexity index is 214. The van der Waals surface area contributed by atoms with Crippen LogP contribution in [0.3, 0.4) is 0 Å². The lowest BCUT2D eigenvalue weighted by atomic mass is 9.50. The van der Waals surface area contributed by atoms with Crippen LogP contribution in [0, 0.1) is 23.2 Å². The summed E-state index contributed by atoms with van der Waals surface area (Å²) in [5.41, 5.74) is 0.482. The third-order valence-electron chi connectivity index (χ3n) is 4.59. The Labute approximate surface area is 93.5 Å². The molecule has 4 bridgehead atoms. The van der Waals surface area contributed by atoms with Gasteiger partial charge in [0.2, 0.25) is 0 Å². The molecule has 0 radical (unpaired) electrons. The van der Waals surface area contributed by atoms with Gasteiger partial charge in [-0.05, 0) is 55.3 Å². The summed E-state index contributed by atoms with van der Waals surface area (Å²) in [5, 5.41) is 0. The largest absolute Gasteiger partial charge is 0.126 e. The fraction of sp³-hybridized carbons (Fsp3) is 1.00. The summed E-state index contributed by atoms with van der Waals surface area (Å²) < 4.78 is 0. The molecule has 4 fully saturated rings. The monoisotopic (exact) mass is 262 g/mol. The molecule has 4 saturated carbocycles. The van der Waals surface area contributed by atoms with E-state index in [1.165, 1.54) is 32.1 Å². The van der Waals surface area contributed by atoms with E-state index in [0.717, 1.165) is 28.5 Å². The summed E-state index contributed by atoms with van der Waals surface area (Å²) in [4.78, 5) is 0.727. The van der Waals surface area contributed by atoms with Crippen LogP contribution in [0.2, 0.25) is 0 Å². The van der Waals surface area contributed by atoms with Gasteiger partial charge in [-0.1, -0.05) is 15.9 Å². The first kappa shape index (κ1) is 9.03. The molecule has 0 N–H and O–H groups in total. The minimum Gasteiger partial charge on any atom is -0.126 e. The number of hydrogen-bond acceptors (Lipinski definition) is 0. The minimum absolute atomic E-state index is 0.482. The summed E-state index contributed by atoms with van der Waals surface area (Å²) in [6, 6.07) is 0. The average molecular weight is 264 g/mol. The molecule has 0 amide bonds. The molecule has 4 aliphatic carbocycles. The van der Waals surface area contributed by atoms with Gasteiger partial charge in [-0.15, -0.1) is 11.6 Å². The van der Waals surface area contributed by atoms with Crippen LogP contribution < -0.4 is 0 Å². The maximum Gasteiger partial charge on any atom is 0.0291 e. The molecule has 3 unspecified atom stereocenters. The second-order valence-electron chi connectivity index (χ2n) is 5.51. The van der Waals surface area contributed by atoms with Crippen molar-refractivity contribution in [3.8, 4) is 0 Å². The lowest BCUT2D eigenvalue weighted by Crippen LogP contribution is -2.54. The van der Waals surface area contributed by atoms with Crippen LogP contribution in [0.5, 0.6) is 0 Å². The predicted octanol–water partition coefficient (Wildman–Crippen LogP) is 3.82. The molecular weight excluding hydrogens is 247 g/mol. The van der Waals surface area contributed by atoms with Crippen molar-refractivity contribution in [2.45, 2.75) is 36.9 Å². The van der Waals surface area contributed by atoms with Crippen LogP contribution in [0.4, 0.5) is 0 Å². The zero-order valence-corrected chi connectivity index (χ0v) is 10.1. The van der Waals surface area contributed by atoms with Gasteiger partial charge in [-0.3, -0.25) is 0 Å². The Balaban J connectivity index is 1.95. The van der Waals surface area contributed by atoms with E-state index in [-0.39, 0.29) is 0 Å². The van der Waals surface area contributed by atoms with Gasteiger partial charge in [0, 0.05) is 10.7 Å². The van der Waals surface area contributed by atoms with Crippen molar-refractivity contribution in [2.24, 2.45) is 23.2 Å². The molecule has 2 heteroatoms. The van der Waals surface area contributed by atoms with Crippen LogP contribution in [-0.2, 0) is 0 Å². The Morgan fingerprint density at radius 2 is 1.77 bits per heavy atom. The van der Waals surface area contributed by atoms with Gasteiger partial charge in [0.25, 0.3) is 0 Å². The van der Waals surface area contributed by atoms with Gasteiger partial charge in [-0.2, -0.15) is 0 Å². The van der Waals surface area contributed by atoms with Crippen molar-refractivity contribution in [3.63, 3.8) is 0 Å². The number of hydrogen-bond donors (Lipinski definition) is 0. The summed E-state index contributed by atoms with van der Waals surface area (Å²) in [6.07, 6.45) is 7.27. The van der Waals surface area contributed by atoms with Crippen LogP contribution in [-0.4, -0.2) is 10.7 Å². The summed E-state index contributed by atoms with van der Waals surface area (Å²) in [5.74, 6) is 3.87. The second-order valence-corrected chi connectivity index (χ2v) is 6.76. The third kappa shape index (κ3) is 1.16. The maximum absolute atomic E-state index is 6.19. The van der Waals surface area contributed by atoms with Gasteiger partial charge in [0.05, 0.1) is 0 Å². The SMILES string of the molecule is ClCC12CC3CC(CC(C3)C1Br)C2. The van der Waals surface area contributed by atoms with Crippen LogP contribution in [0.1, 0.15) is 32.1 Å². The Morgan fingerprint density at radius 1 is 1.15 bits per heavy atom. The lowest BCUT2D eigenvalue weighted by Gasteiger charge is -2.59. The lowest BCUT2D eigenvalue weighted by molar-refractivity contribution is -0.0292. The van der Waals surface area contributed by atoms with Crippen LogP contribution >= 0.6 is 27.5 Å². The van der Waals surface area contributed by atoms with Crippen molar-refractivity contribution >= 4 is 27.5 Å². The van der Waals surface area contributed by atoms with E-state index in [9.17, 15) is 0 Å². The van der Waals surface area contributed by atoms with E-state index < -0.39 is 0 Å². The quantitative estimate of drug-likeness (QED) is 0.631. The van der Waals surface area contributed by atoms with Gasteiger partial charge in [0.15, 0.2) is 0 Å². The third-order valence-corrected chi connectivity index (χ3v) is 6.85. The molecule has 4 aliphatic rings. The first-order valence-corrected chi connectivity index (χ1v) is 6.88. The number of rotatable bonds is 1. The molecule has 4 rings (SSSR count). The molecule has 3 atom stereocenters. The molecule has 74 valence electrons. The molecule has 0 aromatic rings. The van der Waals surface area contributed by atoms with Gasteiger partial charge in [-0.25, -0.2) is 0 Å². The topological polar surface area (TPSA) is 0 Å². The second kappa shape index (κ2) is 2.88. The van der Waals surface area contributed by atoms with E-state index in [2.05, 4.69) is 15.9 Å². The summed E-state index contributed by atoms with van der Waals surface area (Å²) >= 11 is 10.1. The Hall–Kier alpha value is 0.770. The molecule has 0 aromatic heterocycles. The van der Waals surface area contributed by atoms with Crippen molar-refractivity contribution < 1.29 is 0 Å². The van der Waals surface area contributed by atoms with Crippen molar-refractivity contribution in [1.29, 1.82) is 0 Å². The van der Waals surface area contributed by atoms with Crippen LogP contribution in [0.15, 0.2) is 0 Å². The zero-order chi connectivity index (χ0) is 9.05. The normalized spacial score (nSPS) is 58.6. The zero-order valence-electron chi connectivity index (χ0n) is 7.81. The predicted molar refractivity (Wildman–Crippen MR) is 59.4 cm³/mol. The van der Waals surface area contributed by atoms with E-state index in [0.29, 0.717) is 5.41 Å². The molecule has 0 spiro atoms. The maximum atomic E-state index is 6.19. The van der Waals surface area contributed by atoms with Crippen LogP contribution in [0.25, 0.3) is 0 Å². The average Bonchev–Trinajstić information content (AvgIpc) is 2.12. The fourth-order valence-electron chi connectivity index (χ4n) is 4.33. The van der Waals surface area contributed by atoms with Gasteiger partial charge >= 0.3 is 0 Å². The van der Waals surface area contributed by atoms with Crippen molar-refractivity contribution in [1.82, 2.24) is 0 Å². The molecule has 13 heavy (non-hydrogen) atoms. The van der Waals surface area contributed by atoms with Gasteiger partial charge in [0.1, 0.15) is 0 Å². The summed E-state index contributed by atoms with van der Waals surface area (Å²) in [7, 11) is 0. The number of alkyl halides is 2. The van der Waals surface area contributed by atoms with Crippen molar-refractivity contribution in [3.05, 3.63) is 0 Å². The van der Waals surface area contributed by atoms with E-state index in [1.807, 2.05) is 0 Å². The molecule has 0 heterocycles. The molecule has 0 aliphatic heterocycles. The molecule has 0 saturated heterocycles. The fourth-order valence-corrected chi connectivity index (χ4v) is 5.87. The molecular formula is C11H16BrCl. The molecule has 0 nitrogen and oxygen atoms in total.